The molecule has 64 valence electrons. The summed E-state index contributed by atoms with van der Waals surface area (Å²) in [6, 6.07) is 0. The second kappa shape index (κ2) is 7.34. The predicted octanol–water partition coefficient (Wildman–Crippen LogP) is 2.15. The maximum atomic E-state index is 5.48. The highest BCUT2D eigenvalue weighted by Gasteiger charge is 2.07. The Kier molecular flexibility index (Phi) is 7.80. The molecule has 0 aliphatic carbocycles. The van der Waals surface area contributed by atoms with Gasteiger partial charge in [0, 0.05) is 12.2 Å². The highest BCUT2D eigenvalue weighted by molar-refractivity contribution is 6.18. The molecule has 3 heteroatoms. The van der Waals surface area contributed by atoms with Gasteiger partial charge in [0.15, 0.2) is 0 Å². The molecule has 0 aromatic rings. The van der Waals surface area contributed by atoms with Crippen molar-refractivity contribution in [2.75, 3.05) is 0 Å². The zero-order valence-corrected chi connectivity index (χ0v) is 9.51. The van der Waals surface area contributed by atoms with E-state index in [9.17, 15) is 0 Å². The van der Waals surface area contributed by atoms with Gasteiger partial charge in [0.25, 0.3) is 0 Å². The first-order chi connectivity index (χ1) is 5.20. The summed E-state index contributed by atoms with van der Waals surface area (Å²) in [5.41, 5.74) is 0. The largest absolute Gasteiger partial charge is 0.793 e. The maximum Gasteiger partial charge on any atom is 0.793 e. The van der Waals surface area contributed by atoms with Crippen LogP contribution in [-0.4, -0.2) is 33.4 Å². The fraction of sp³-hybridized carbons (Fsp3) is 1.00. The minimum absolute atomic E-state index is 0.380. The standard InChI is InChI=1S/2C4H9O.Mg/c2*1-3-4(2)5;/h2*4H,3H2,1-2H3;/q2*-1;+2. The van der Waals surface area contributed by atoms with Gasteiger partial charge in [-0.15, -0.1) is 0 Å². The topological polar surface area (TPSA) is 18.5 Å². The first kappa shape index (κ1) is 11.7. The zero-order valence-electron chi connectivity index (χ0n) is 8.09. The van der Waals surface area contributed by atoms with Crippen molar-refractivity contribution in [1.82, 2.24) is 0 Å². The molecule has 0 bridgehead atoms. The van der Waals surface area contributed by atoms with Gasteiger partial charge in [-0.25, -0.2) is 0 Å². The second-order valence-corrected chi connectivity index (χ2v) is 3.79. The van der Waals surface area contributed by atoms with Crippen LogP contribution < -0.4 is 0 Å². The van der Waals surface area contributed by atoms with E-state index in [1.807, 2.05) is 0 Å². The lowest BCUT2D eigenvalue weighted by Crippen LogP contribution is -2.17. The van der Waals surface area contributed by atoms with Gasteiger partial charge in [-0.2, -0.15) is 0 Å². The van der Waals surface area contributed by atoms with E-state index in [-0.39, 0.29) is 0 Å². The molecule has 0 aromatic heterocycles. The van der Waals surface area contributed by atoms with Crippen LogP contribution in [0.1, 0.15) is 40.5 Å². The molecular weight excluding hydrogens is 152 g/mol. The lowest BCUT2D eigenvalue weighted by atomic mass is 10.3. The first-order valence-electron chi connectivity index (χ1n) is 4.43. The molecule has 2 nitrogen and oxygen atoms in total. The molecule has 0 spiro atoms. The van der Waals surface area contributed by atoms with Crippen molar-refractivity contribution >= 4 is 21.2 Å². The average Bonchev–Trinajstić information content (AvgIpc) is 2.04. The van der Waals surface area contributed by atoms with Gasteiger partial charge in [-0.05, 0) is 26.7 Å². The van der Waals surface area contributed by atoms with Crippen LogP contribution in [0.4, 0.5) is 0 Å². The molecule has 0 radical (unpaired) electrons. The van der Waals surface area contributed by atoms with Gasteiger partial charge in [0.05, 0.1) is 0 Å². The summed E-state index contributed by atoms with van der Waals surface area (Å²) in [6.07, 6.45) is 2.92. The zero-order chi connectivity index (χ0) is 8.69. The molecule has 0 amide bonds. The van der Waals surface area contributed by atoms with Crippen molar-refractivity contribution in [1.29, 1.82) is 0 Å². The number of hydrogen-bond donors (Lipinski definition) is 0. The van der Waals surface area contributed by atoms with E-state index in [1.54, 1.807) is 0 Å². The molecule has 0 N–H and O–H groups in total. The lowest BCUT2D eigenvalue weighted by molar-refractivity contribution is 0.131. The van der Waals surface area contributed by atoms with Crippen LogP contribution in [0, 0.1) is 0 Å². The van der Waals surface area contributed by atoms with Crippen LogP contribution >= 0.6 is 0 Å². The Balaban J connectivity index is 3.13. The molecule has 0 aliphatic rings. The monoisotopic (exact) mass is 170 g/mol. The van der Waals surface area contributed by atoms with Crippen molar-refractivity contribution in [3.63, 3.8) is 0 Å². The van der Waals surface area contributed by atoms with E-state index in [2.05, 4.69) is 27.7 Å². The van der Waals surface area contributed by atoms with E-state index >= 15 is 0 Å². The third-order valence-electron chi connectivity index (χ3n) is 1.85. The Morgan fingerprint density at radius 3 is 1.64 bits per heavy atom. The van der Waals surface area contributed by atoms with Crippen molar-refractivity contribution in [2.45, 2.75) is 52.7 Å². The minimum atomic E-state index is -0.706. The van der Waals surface area contributed by atoms with E-state index in [0.29, 0.717) is 12.2 Å². The SMILES string of the molecule is CCC(C)[O][Mg][O]C(C)CC. The smallest absolute Gasteiger partial charge is 0.530 e. The molecule has 2 atom stereocenters. The van der Waals surface area contributed by atoms with Crippen molar-refractivity contribution in [2.24, 2.45) is 0 Å². The van der Waals surface area contributed by atoms with Crippen molar-refractivity contribution in [3.05, 3.63) is 0 Å². The van der Waals surface area contributed by atoms with Gasteiger partial charge in [0.1, 0.15) is 0 Å². The van der Waals surface area contributed by atoms with Gasteiger partial charge in [0.2, 0.25) is 0 Å². The summed E-state index contributed by atoms with van der Waals surface area (Å²) in [5, 5.41) is 0. The summed E-state index contributed by atoms with van der Waals surface area (Å²) in [5.74, 6) is 0. The van der Waals surface area contributed by atoms with E-state index in [0.717, 1.165) is 12.8 Å². The average molecular weight is 171 g/mol. The Labute approximate surface area is 80.4 Å². The Hall–Kier alpha value is 0.686. The van der Waals surface area contributed by atoms with E-state index < -0.39 is 21.2 Å². The number of rotatable bonds is 6. The summed E-state index contributed by atoms with van der Waals surface area (Å²) in [6.45, 7) is 8.44. The highest BCUT2D eigenvalue weighted by atomic mass is 24.5. The maximum absolute atomic E-state index is 5.48. The minimum Gasteiger partial charge on any atom is -0.530 e. The molecule has 0 rings (SSSR count). The summed E-state index contributed by atoms with van der Waals surface area (Å²) in [7, 11) is 0. The van der Waals surface area contributed by atoms with Crippen molar-refractivity contribution < 1.29 is 6.34 Å². The van der Waals surface area contributed by atoms with Gasteiger partial charge in [-0.1, -0.05) is 13.8 Å². The van der Waals surface area contributed by atoms with Crippen LogP contribution in [0.3, 0.4) is 0 Å². The van der Waals surface area contributed by atoms with Crippen LogP contribution in [-0.2, 0) is 6.34 Å². The molecule has 0 aromatic carbocycles. The van der Waals surface area contributed by atoms with Crippen LogP contribution in [0.5, 0.6) is 0 Å². The van der Waals surface area contributed by atoms with Crippen LogP contribution in [0.2, 0.25) is 0 Å². The Morgan fingerprint density at radius 2 is 1.36 bits per heavy atom. The highest BCUT2D eigenvalue weighted by Crippen LogP contribution is 1.98. The fourth-order valence-electron chi connectivity index (χ4n) is 0.507. The van der Waals surface area contributed by atoms with E-state index in [4.69, 9.17) is 6.34 Å². The fourth-order valence-corrected chi connectivity index (χ4v) is 1.52. The third-order valence-corrected chi connectivity index (χ3v) is 3.27. The summed E-state index contributed by atoms with van der Waals surface area (Å²) >= 11 is -0.706. The Morgan fingerprint density at radius 1 is 1.00 bits per heavy atom. The van der Waals surface area contributed by atoms with Gasteiger partial charge in [-0.3, -0.25) is 0 Å². The van der Waals surface area contributed by atoms with Crippen molar-refractivity contribution in [3.8, 4) is 0 Å². The van der Waals surface area contributed by atoms with E-state index in [1.165, 1.54) is 0 Å². The first-order valence-corrected chi connectivity index (χ1v) is 5.59. The molecule has 0 saturated heterocycles. The molecule has 2 unspecified atom stereocenters. The Bertz CT molecular complexity index is 78.2. The molecule has 0 saturated carbocycles. The second-order valence-electron chi connectivity index (χ2n) is 2.89. The quantitative estimate of drug-likeness (QED) is 0.569. The molecular formula is C8H18MgO2. The summed E-state index contributed by atoms with van der Waals surface area (Å²) in [4.78, 5) is 0. The predicted molar refractivity (Wildman–Crippen MR) is 47.4 cm³/mol. The molecule has 0 heterocycles. The normalized spacial score (nSPS) is 15.6. The van der Waals surface area contributed by atoms with Crippen LogP contribution in [0.25, 0.3) is 0 Å². The third kappa shape index (κ3) is 7.06. The molecule has 11 heavy (non-hydrogen) atoms. The lowest BCUT2D eigenvalue weighted by Gasteiger charge is -2.14. The van der Waals surface area contributed by atoms with Gasteiger partial charge < -0.3 is 6.34 Å². The van der Waals surface area contributed by atoms with Gasteiger partial charge >= 0.3 is 21.2 Å². The molecule has 0 aliphatic heterocycles. The number of hydrogen-bond acceptors (Lipinski definition) is 2. The summed E-state index contributed by atoms with van der Waals surface area (Å²) < 4.78 is 11.0. The molecule has 0 fully saturated rings. The van der Waals surface area contributed by atoms with Crippen LogP contribution in [0.15, 0.2) is 0 Å².